The summed E-state index contributed by atoms with van der Waals surface area (Å²) in [5.74, 6) is -0.211. The Kier molecular flexibility index (Phi) is 8.78. The fourth-order valence-corrected chi connectivity index (χ4v) is 0.246. The first kappa shape index (κ1) is 10.1. The number of amides is 1. The van der Waals surface area contributed by atoms with E-state index in [2.05, 4.69) is 0 Å². The van der Waals surface area contributed by atoms with Gasteiger partial charge in [0.1, 0.15) is 0 Å². The first-order valence-electron chi connectivity index (χ1n) is 2.05. The van der Waals surface area contributed by atoms with Crippen LogP contribution in [0.1, 0.15) is 19.8 Å². The van der Waals surface area contributed by atoms with Gasteiger partial charge < -0.3 is 5.73 Å². The van der Waals surface area contributed by atoms with Gasteiger partial charge in [-0.2, -0.15) is 0 Å². The number of carbonyl (C=O) groups excluding carboxylic acids is 1. The van der Waals surface area contributed by atoms with E-state index in [4.69, 9.17) is 5.73 Å². The molecule has 0 heterocycles. The van der Waals surface area contributed by atoms with Crippen LogP contribution in [0.25, 0.3) is 0 Å². The van der Waals surface area contributed by atoms with Crippen LogP contribution >= 0.6 is 0 Å². The minimum absolute atomic E-state index is 0. The first-order chi connectivity index (χ1) is 2.77. The Morgan fingerprint density at radius 2 is 2.14 bits per heavy atom. The molecule has 0 saturated carbocycles. The van der Waals surface area contributed by atoms with E-state index in [1.165, 1.54) is 0 Å². The van der Waals surface area contributed by atoms with Crippen LogP contribution in [0, 0.1) is 0 Å². The van der Waals surface area contributed by atoms with Crippen molar-refractivity contribution in [3.05, 3.63) is 0 Å². The van der Waals surface area contributed by atoms with Crippen LogP contribution in [0.15, 0.2) is 0 Å². The molecule has 0 bridgehead atoms. The Bertz CT molecular complexity index is 55.7. The SMILES string of the molecule is CCCC(N)=O.[LiH]. The molecule has 0 unspecified atom stereocenters. The Balaban J connectivity index is 0. The predicted octanol–water partition coefficient (Wildman–Crippen LogP) is -0.377. The molecule has 0 rings (SSSR count). The van der Waals surface area contributed by atoms with Crippen molar-refractivity contribution in [1.29, 1.82) is 0 Å². The molecule has 0 aromatic heterocycles. The van der Waals surface area contributed by atoms with Crippen LogP contribution < -0.4 is 5.73 Å². The fourth-order valence-electron chi connectivity index (χ4n) is 0.246. The van der Waals surface area contributed by atoms with E-state index in [9.17, 15) is 4.79 Å². The predicted molar refractivity (Wildman–Crippen MR) is 31.3 cm³/mol. The number of hydrogen-bond acceptors (Lipinski definition) is 1. The molecule has 0 aromatic rings. The average Bonchev–Trinajstić information content (AvgIpc) is 1.35. The molecule has 0 atom stereocenters. The van der Waals surface area contributed by atoms with Crippen molar-refractivity contribution in [1.82, 2.24) is 0 Å². The summed E-state index contributed by atoms with van der Waals surface area (Å²) in [6, 6.07) is 0. The van der Waals surface area contributed by atoms with Crippen molar-refractivity contribution in [2.24, 2.45) is 5.73 Å². The van der Waals surface area contributed by atoms with Gasteiger partial charge >= 0.3 is 18.9 Å². The van der Waals surface area contributed by atoms with Gasteiger partial charge in [0.05, 0.1) is 0 Å². The molecule has 38 valence electrons. The topological polar surface area (TPSA) is 43.1 Å². The maximum atomic E-state index is 9.82. The molecule has 2 N–H and O–H groups in total. The molecule has 0 fully saturated rings. The summed E-state index contributed by atoms with van der Waals surface area (Å²) in [5.41, 5.74) is 4.76. The van der Waals surface area contributed by atoms with Crippen molar-refractivity contribution in [3.8, 4) is 0 Å². The van der Waals surface area contributed by atoms with Gasteiger partial charge in [-0.1, -0.05) is 6.92 Å². The third-order valence-corrected chi connectivity index (χ3v) is 0.496. The van der Waals surface area contributed by atoms with Gasteiger partial charge in [0.25, 0.3) is 0 Å². The monoisotopic (exact) mass is 95.1 g/mol. The van der Waals surface area contributed by atoms with Crippen LogP contribution in [-0.4, -0.2) is 24.8 Å². The van der Waals surface area contributed by atoms with E-state index in [0.717, 1.165) is 6.42 Å². The van der Waals surface area contributed by atoms with Gasteiger partial charge in [0, 0.05) is 6.42 Å². The van der Waals surface area contributed by atoms with Crippen LogP contribution in [0.3, 0.4) is 0 Å². The number of hydrogen-bond donors (Lipinski definition) is 1. The summed E-state index contributed by atoms with van der Waals surface area (Å²) in [6.07, 6.45) is 1.37. The van der Waals surface area contributed by atoms with E-state index in [1.807, 2.05) is 6.92 Å². The minimum atomic E-state index is -0.211. The molecule has 2 nitrogen and oxygen atoms in total. The molecule has 0 aromatic carbocycles. The number of primary amides is 1. The van der Waals surface area contributed by atoms with Crippen molar-refractivity contribution >= 4 is 24.8 Å². The molecule has 0 spiro atoms. The van der Waals surface area contributed by atoms with Gasteiger partial charge in [-0.05, 0) is 6.42 Å². The Labute approximate surface area is 55.6 Å². The van der Waals surface area contributed by atoms with Crippen LogP contribution in [0.4, 0.5) is 0 Å². The zero-order chi connectivity index (χ0) is 4.99. The van der Waals surface area contributed by atoms with Gasteiger partial charge in [0.2, 0.25) is 5.91 Å². The molecule has 0 aliphatic heterocycles. The summed E-state index contributed by atoms with van der Waals surface area (Å²) < 4.78 is 0. The number of nitrogens with two attached hydrogens (primary N) is 1. The van der Waals surface area contributed by atoms with Crippen LogP contribution in [0.2, 0.25) is 0 Å². The molecule has 0 saturated heterocycles. The zero-order valence-electron chi connectivity index (χ0n) is 3.90. The number of carbonyl (C=O) groups is 1. The van der Waals surface area contributed by atoms with Gasteiger partial charge in [-0.15, -0.1) is 0 Å². The molecular formula is C4H10LiNO. The quantitative estimate of drug-likeness (QED) is 0.467. The van der Waals surface area contributed by atoms with E-state index in [0.29, 0.717) is 6.42 Å². The summed E-state index contributed by atoms with van der Waals surface area (Å²) in [7, 11) is 0. The van der Waals surface area contributed by atoms with Crippen LogP contribution in [0.5, 0.6) is 0 Å². The van der Waals surface area contributed by atoms with Crippen molar-refractivity contribution in [2.45, 2.75) is 19.8 Å². The second-order valence-electron chi connectivity index (χ2n) is 1.22. The average molecular weight is 95.1 g/mol. The molecular weight excluding hydrogens is 85.0 g/mol. The standard InChI is InChI=1S/C4H9NO.Li.H/c1-2-3-4(5)6;;/h2-3H2,1H3,(H2,5,6);;. The van der Waals surface area contributed by atoms with Crippen LogP contribution in [-0.2, 0) is 4.79 Å². The summed E-state index contributed by atoms with van der Waals surface area (Å²) >= 11 is 0. The fraction of sp³-hybridized carbons (Fsp3) is 0.750. The summed E-state index contributed by atoms with van der Waals surface area (Å²) in [4.78, 5) is 9.82. The third-order valence-electron chi connectivity index (χ3n) is 0.496. The zero-order valence-corrected chi connectivity index (χ0v) is 3.90. The van der Waals surface area contributed by atoms with Crippen molar-refractivity contribution < 1.29 is 4.79 Å². The van der Waals surface area contributed by atoms with Crippen molar-refractivity contribution in [3.63, 3.8) is 0 Å². The normalized spacial score (nSPS) is 7.00. The van der Waals surface area contributed by atoms with Gasteiger partial charge in [-0.3, -0.25) is 4.79 Å². The van der Waals surface area contributed by atoms with E-state index < -0.39 is 0 Å². The summed E-state index contributed by atoms with van der Waals surface area (Å²) in [6.45, 7) is 1.92. The van der Waals surface area contributed by atoms with Gasteiger partial charge in [0.15, 0.2) is 0 Å². The molecule has 0 radical (unpaired) electrons. The van der Waals surface area contributed by atoms with E-state index in [-0.39, 0.29) is 24.8 Å². The molecule has 7 heavy (non-hydrogen) atoms. The van der Waals surface area contributed by atoms with E-state index in [1.54, 1.807) is 0 Å². The Morgan fingerprint density at radius 1 is 1.71 bits per heavy atom. The Hall–Kier alpha value is 0.0674. The molecule has 0 aliphatic rings. The first-order valence-corrected chi connectivity index (χ1v) is 2.05. The third kappa shape index (κ3) is 10.7. The molecule has 0 aliphatic carbocycles. The van der Waals surface area contributed by atoms with Crippen molar-refractivity contribution in [2.75, 3.05) is 0 Å². The van der Waals surface area contributed by atoms with E-state index >= 15 is 0 Å². The second kappa shape index (κ2) is 6.07. The van der Waals surface area contributed by atoms with Gasteiger partial charge in [-0.25, -0.2) is 0 Å². The summed E-state index contributed by atoms with van der Waals surface area (Å²) in [5, 5.41) is 0. The molecule has 3 heteroatoms. The second-order valence-corrected chi connectivity index (χ2v) is 1.22. The number of rotatable bonds is 2. The Morgan fingerprint density at radius 3 is 2.14 bits per heavy atom. The maximum absolute atomic E-state index is 9.82. The molecule has 1 amide bonds.